The first-order valence-corrected chi connectivity index (χ1v) is 5.56. The summed E-state index contributed by atoms with van der Waals surface area (Å²) in [6.07, 6.45) is 0.376. The number of nitrogens with zero attached hydrogens (tertiary/aromatic N) is 1. The zero-order chi connectivity index (χ0) is 12.8. The van der Waals surface area contributed by atoms with Crippen LogP contribution in [-0.4, -0.2) is 70.7 Å². The molecule has 3 atom stereocenters. The number of carboxylic acid groups (broad SMARTS) is 1. The molecule has 0 radical (unpaired) electrons. The lowest BCUT2D eigenvalue weighted by Crippen LogP contribution is -2.42. The maximum atomic E-state index is 10.9. The molecule has 1 saturated heterocycles. The lowest BCUT2D eigenvalue weighted by Gasteiger charge is -2.23. The molecule has 0 aliphatic carbocycles. The molecule has 1 heterocycles. The molecule has 0 aromatic carbocycles. The molecule has 1 aliphatic rings. The van der Waals surface area contributed by atoms with E-state index in [-0.39, 0.29) is 26.1 Å². The van der Waals surface area contributed by atoms with E-state index in [1.807, 2.05) is 0 Å². The lowest BCUT2D eigenvalue weighted by atomic mass is 10.2. The number of hydrogen-bond acceptors (Lipinski definition) is 5. The van der Waals surface area contributed by atoms with Crippen molar-refractivity contribution in [3.8, 4) is 0 Å². The summed E-state index contributed by atoms with van der Waals surface area (Å²) >= 11 is 0. The number of rotatable bonds is 7. The van der Waals surface area contributed by atoms with Crippen molar-refractivity contribution in [2.24, 2.45) is 0 Å². The van der Waals surface area contributed by atoms with Crippen molar-refractivity contribution in [2.45, 2.75) is 24.7 Å². The van der Waals surface area contributed by atoms with Crippen molar-refractivity contribution in [1.82, 2.24) is 4.90 Å². The smallest absolute Gasteiger partial charge is 0.321 e. The monoisotopic (exact) mass is 245 g/mol. The Morgan fingerprint density at radius 1 is 1.65 bits per heavy atom. The van der Waals surface area contributed by atoms with Crippen LogP contribution in [0.1, 0.15) is 6.42 Å². The second kappa shape index (κ2) is 6.70. The molecular weight excluding hydrogens is 226 g/mol. The van der Waals surface area contributed by atoms with E-state index in [0.717, 1.165) is 0 Å². The van der Waals surface area contributed by atoms with E-state index in [4.69, 9.17) is 9.84 Å². The van der Waals surface area contributed by atoms with Gasteiger partial charge in [-0.15, -0.1) is 6.58 Å². The predicted molar refractivity (Wildman–Crippen MR) is 60.6 cm³/mol. The Hall–Kier alpha value is -0.950. The molecule has 0 aromatic rings. The van der Waals surface area contributed by atoms with Crippen molar-refractivity contribution >= 4 is 5.97 Å². The minimum absolute atomic E-state index is 0.130. The molecule has 1 rings (SSSR count). The first-order chi connectivity index (χ1) is 8.04. The van der Waals surface area contributed by atoms with Gasteiger partial charge in [0, 0.05) is 19.5 Å². The topological polar surface area (TPSA) is 90.2 Å². The second-order valence-corrected chi connectivity index (χ2v) is 4.18. The molecule has 0 spiro atoms. The van der Waals surface area contributed by atoms with Gasteiger partial charge in [0.05, 0.1) is 25.4 Å². The van der Waals surface area contributed by atoms with E-state index >= 15 is 0 Å². The van der Waals surface area contributed by atoms with Crippen LogP contribution >= 0.6 is 0 Å². The summed E-state index contributed by atoms with van der Waals surface area (Å²) in [5.74, 6) is -0.972. The standard InChI is InChI=1S/C11H19NO5/c1-2-3-17-7-9(14)6-12-5-8(13)4-10(12)11(15)16/h2,8-10,13-14H,1,3-7H2,(H,15,16)/t8?,9?,10-/m0/s1. The number of aliphatic carboxylic acids is 1. The number of β-amino-alcohol motifs (C(OH)–C–C–N with tert-alkyl or cyclic N) is 2. The van der Waals surface area contributed by atoms with Crippen LogP contribution in [0, 0.1) is 0 Å². The van der Waals surface area contributed by atoms with Gasteiger partial charge in [-0.25, -0.2) is 0 Å². The normalized spacial score (nSPS) is 26.9. The van der Waals surface area contributed by atoms with Crippen molar-refractivity contribution < 1.29 is 24.9 Å². The molecule has 0 aromatic heterocycles. The number of aliphatic hydroxyl groups excluding tert-OH is 2. The third-order valence-electron chi connectivity index (χ3n) is 2.66. The van der Waals surface area contributed by atoms with Crippen molar-refractivity contribution in [2.75, 3.05) is 26.3 Å². The Morgan fingerprint density at radius 2 is 2.35 bits per heavy atom. The fourth-order valence-corrected chi connectivity index (χ4v) is 1.95. The second-order valence-electron chi connectivity index (χ2n) is 4.18. The van der Waals surface area contributed by atoms with E-state index in [2.05, 4.69) is 6.58 Å². The fourth-order valence-electron chi connectivity index (χ4n) is 1.95. The van der Waals surface area contributed by atoms with Gasteiger partial charge < -0.3 is 20.1 Å². The third kappa shape index (κ3) is 4.43. The first kappa shape index (κ1) is 14.1. The van der Waals surface area contributed by atoms with E-state index in [9.17, 15) is 15.0 Å². The van der Waals surface area contributed by atoms with Gasteiger partial charge in [0.25, 0.3) is 0 Å². The van der Waals surface area contributed by atoms with Gasteiger partial charge in [-0.2, -0.15) is 0 Å². The average molecular weight is 245 g/mol. The summed E-state index contributed by atoms with van der Waals surface area (Å²) in [6, 6.07) is -0.723. The highest BCUT2D eigenvalue weighted by molar-refractivity contribution is 5.74. The number of hydrogen-bond donors (Lipinski definition) is 3. The van der Waals surface area contributed by atoms with Crippen molar-refractivity contribution in [1.29, 1.82) is 0 Å². The molecule has 0 saturated carbocycles. The molecule has 1 fully saturated rings. The summed E-state index contributed by atoms with van der Waals surface area (Å²) in [7, 11) is 0. The first-order valence-electron chi connectivity index (χ1n) is 5.56. The van der Waals surface area contributed by atoms with Crippen LogP contribution in [0.2, 0.25) is 0 Å². The molecule has 6 heteroatoms. The van der Waals surface area contributed by atoms with Crippen molar-refractivity contribution in [3.63, 3.8) is 0 Å². The number of ether oxygens (including phenoxy) is 1. The minimum Gasteiger partial charge on any atom is -0.480 e. The highest BCUT2D eigenvalue weighted by Gasteiger charge is 2.36. The summed E-state index contributed by atoms with van der Waals surface area (Å²) in [6.45, 7) is 4.42. The van der Waals surface area contributed by atoms with Gasteiger partial charge in [-0.05, 0) is 0 Å². The average Bonchev–Trinajstić information content (AvgIpc) is 2.60. The summed E-state index contributed by atoms with van der Waals surface area (Å²) in [5.41, 5.74) is 0. The van der Waals surface area contributed by atoms with Crippen LogP contribution in [0.5, 0.6) is 0 Å². The van der Waals surface area contributed by atoms with Crippen LogP contribution in [0.3, 0.4) is 0 Å². The molecule has 98 valence electrons. The van der Waals surface area contributed by atoms with Gasteiger partial charge in [-0.3, -0.25) is 9.69 Å². The maximum Gasteiger partial charge on any atom is 0.321 e. The van der Waals surface area contributed by atoms with Crippen LogP contribution in [0.15, 0.2) is 12.7 Å². The third-order valence-corrected chi connectivity index (χ3v) is 2.66. The molecule has 1 aliphatic heterocycles. The zero-order valence-corrected chi connectivity index (χ0v) is 9.66. The molecule has 0 amide bonds. The fraction of sp³-hybridized carbons (Fsp3) is 0.727. The van der Waals surface area contributed by atoms with E-state index < -0.39 is 24.2 Å². The number of aliphatic hydroxyl groups is 2. The summed E-state index contributed by atoms with van der Waals surface area (Å²) < 4.78 is 5.07. The van der Waals surface area contributed by atoms with Gasteiger partial charge in [0.2, 0.25) is 0 Å². The Bertz CT molecular complexity index is 271. The predicted octanol–water partition coefficient (Wildman–Crippen LogP) is -0.930. The van der Waals surface area contributed by atoms with Gasteiger partial charge in [0.1, 0.15) is 6.04 Å². The summed E-state index contributed by atoms with van der Waals surface area (Å²) in [4.78, 5) is 12.5. The van der Waals surface area contributed by atoms with Crippen LogP contribution in [0.25, 0.3) is 0 Å². The number of carboxylic acids is 1. The van der Waals surface area contributed by atoms with Crippen molar-refractivity contribution in [3.05, 3.63) is 12.7 Å². The lowest BCUT2D eigenvalue weighted by molar-refractivity contribution is -0.142. The quantitative estimate of drug-likeness (QED) is 0.396. The maximum absolute atomic E-state index is 10.9. The number of likely N-dealkylation sites (tertiary alicyclic amines) is 1. The Morgan fingerprint density at radius 3 is 2.94 bits per heavy atom. The number of carbonyl (C=O) groups is 1. The van der Waals surface area contributed by atoms with Gasteiger partial charge in [-0.1, -0.05) is 6.08 Å². The summed E-state index contributed by atoms with van der Waals surface area (Å²) in [5, 5.41) is 28.0. The van der Waals surface area contributed by atoms with Crippen LogP contribution in [-0.2, 0) is 9.53 Å². The molecule has 6 nitrogen and oxygen atoms in total. The minimum atomic E-state index is -0.972. The van der Waals surface area contributed by atoms with Crippen LogP contribution in [0.4, 0.5) is 0 Å². The van der Waals surface area contributed by atoms with E-state index in [1.54, 1.807) is 11.0 Å². The van der Waals surface area contributed by atoms with Gasteiger partial charge >= 0.3 is 5.97 Å². The molecule has 17 heavy (non-hydrogen) atoms. The van der Waals surface area contributed by atoms with Crippen LogP contribution < -0.4 is 0 Å². The Balaban J connectivity index is 2.38. The zero-order valence-electron chi connectivity index (χ0n) is 9.66. The highest BCUT2D eigenvalue weighted by atomic mass is 16.5. The molecule has 3 N–H and O–H groups in total. The Labute approximate surface area is 100 Å². The molecule has 2 unspecified atom stereocenters. The highest BCUT2D eigenvalue weighted by Crippen LogP contribution is 2.18. The largest absolute Gasteiger partial charge is 0.480 e. The molecule has 0 bridgehead atoms. The van der Waals surface area contributed by atoms with E-state index in [0.29, 0.717) is 6.61 Å². The van der Waals surface area contributed by atoms with Gasteiger partial charge in [0.15, 0.2) is 0 Å². The molecular formula is C11H19NO5. The Kier molecular flexibility index (Phi) is 5.57. The SMILES string of the molecule is C=CCOCC(O)CN1CC(O)C[C@H]1C(=O)O. The van der Waals surface area contributed by atoms with E-state index in [1.165, 1.54) is 0 Å².